The number of anilines is 1. The summed E-state index contributed by atoms with van der Waals surface area (Å²) in [7, 11) is 0. The molecule has 0 unspecified atom stereocenters. The van der Waals surface area contributed by atoms with E-state index < -0.39 is 70.2 Å². The molecule has 3 heterocycles. The van der Waals surface area contributed by atoms with E-state index in [0.29, 0.717) is 31.2 Å². The van der Waals surface area contributed by atoms with Crippen LogP contribution in [0.25, 0.3) is 11.6 Å². The highest BCUT2D eigenvalue weighted by Crippen LogP contribution is 2.61. The number of carbonyl (C=O) groups excluding carboxylic acids is 1. The summed E-state index contributed by atoms with van der Waals surface area (Å²) in [5, 5.41) is 17.2. The number of pyridine rings is 1. The van der Waals surface area contributed by atoms with E-state index in [0.717, 1.165) is 0 Å². The summed E-state index contributed by atoms with van der Waals surface area (Å²) in [4.78, 5) is 18.7. The fourth-order valence-corrected chi connectivity index (χ4v) is 5.21. The molecule has 1 atom stereocenters. The van der Waals surface area contributed by atoms with Crippen LogP contribution in [0.1, 0.15) is 66.9 Å². The number of hydrogen-bond acceptors (Lipinski definition) is 7. The molecule has 1 amide bonds. The van der Waals surface area contributed by atoms with Crippen molar-refractivity contribution in [1.29, 1.82) is 0 Å². The molecule has 190 valence electrons. The lowest BCUT2D eigenvalue weighted by Gasteiger charge is -2.66. The number of aromatic nitrogens is 3. The summed E-state index contributed by atoms with van der Waals surface area (Å²) in [6, 6.07) is 0.488. The molecule has 4 aliphatic rings. The number of carbonyl (C=O) groups is 1. The molecular formula is C21H21F6N5O3. The smallest absolute Gasteiger partial charge is 0.416 e. The van der Waals surface area contributed by atoms with Gasteiger partial charge in [0, 0.05) is 12.1 Å². The van der Waals surface area contributed by atoms with E-state index >= 15 is 0 Å². The standard InChI is InChI=1S/C21H21F6N5O3/c22-20(23,24)11-6-12(28)14-15-30-31-17(35-15)19(34,21(25,26)27)4-2-1-3-5-32(16(33)13(11)29-14)18-7-10(8-18)9-18/h6,10,34H,1-5,7-9,28H2/t10?,18?,19-/m1/s1. The third kappa shape index (κ3) is 3.64. The van der Waals surface area contributed by atoms with Gasteiger partial charge in [-0.3, -0.25) is 4.79 Å². The second-order valence-electron chi connectivity index (χ2n) is 9.56. The Morgan fingerprint density at radius 2 is 1.74 bits per heavy atom. The molecule has 6 bridgehead atoms. The zero-order chi connectivity index (χ0) is 25.4. The first-order chi connectivity index (χ1) is 16.3. The van der Waals surface area contributed by atoms with Crippen LogP contribution in [0.15, 0.2) is 10.5 Å². The number of nitrogen functional groups attached to an aromatic ring is 1. The third-order valence-electron chi connectivity index (χ3n) is 7.25. The Bertz CT molecular complexity index is 1160. The molecule has 2 aromatic rings. The summed E-state index contributed by atoms with van der Waals surface area (Å²) in [6.07, 6.45) is -8.65. The van der Waals surface area contributed by atoms with Crippen LogP contribution < -0.4 is 5.73 Å². The van der Waals surface area contributed by atoms with Crippen LogP contribution in [0, 0.1) is 5.92 Å². The van der Waals surface area contributed by atoms with Gasteiger partial charge in [-0.1, -0.05) is 6.42 Å². The fourth-order valence-electron chi connectivity index (χ4n) is 5.21. The number of hydrogen-bond donors (Lipinski definition) is 2. The van der Waals surface area contributed by atoms with Crippen LogP contribution in [0.5, 0.6) is 0 Å². The third-order valence-corrected chi connectivity index (χ3v) is 7.25. The van der Waals surface area contributed by atoms with Crippen molar-refractivity contribution < 1.29 is 40.7 Å². The maximum absolute atomic E-state index is 13.9. The molecule has 8 nitrogen and oxygen atoms in total. The molecule has 3 aliphatic carbocycles. The first kappa shape index (κ1) is 23.8. The Morgan fingerprint density at radius 1 is 1.06 bits per heavy atom. The number of fused-ring (bicyclic) bond motifs is 5. The van der Waals surface area contributed by atoms with Crippen molar-refractivity contribution in [2.24, 2.45) is 5.92 Å². The quantitative estimate of drug-likeness (QED) is 0.562. The molecular weight excluding hydrogens is 484 g/mol. The average Bonchev–Trinajstić information content (AvgIpc) is 3.17. The molecule has 0 saturated heterocycles. The number of amides is 1. The summed E-state index contributed by atoms with van der Waals surface area (Å²) in [6.45, 7) is 0.0487. The Hall–Kier alpha value is -2.90. The minimum atomic E-state index is -5.16. The zero-order valence-electron chi connectivity index (χ0n) is 18.2. The lowest BCUT2D eigenvalue weighted by atomic mass is 9.49. The largest absolute Gasteiger partial charge is 0.426 e. The molecule has 3 saturated carbocycles. The fraction of sp³-hybridized carbons (Fsp3) is 0.619. The summed E-state index contributed by atoms with van der Waals surface area (Å²) in [5.74, 6) is -2.44. The lowest BCUT2D eigenvalue weighted by Crippen LogP contribution is -2.69. The van der Waals surface area contributed by atoms with Gasteiger partial charge in [0.15, 0.2) is 5.69 Å². The number of halogens is 6. The van der Waals surface area contributed by atoms with Crippen molar-refractivity contribution in [3.05, 3.63) is 23.2 Å². The molecule has 14 heteroatoms. The van der Waals surface area contributed by atoms with E-state index in [1.165, 1.54) is 4.90 Å². The SMILES string of the molecule is Nc1cc(C(F)(F)F)c2nc1-c1nnc(o1)[C@@](O)(C(F)(F)F)CCCCCN(C13CC(C1)C3)C2=O. The molecule has 6 rings (SSSR count). The Labute approximate surface area is 194 Å². The van der Waals surface area contributed by atoms with E-state index in [2.05, 4.69) is 15.2 Å². The monoisotopic (exact) mass is 505 g/mol. The highest BCUT2D eigenvalue weighted by Gasteiger charge is 2.62. The van der Waals surface area contributed by atoms with Gasteiger partial charge in [0.2, 0.25) is 5.60 Å². The average molecular weight is 505 g/mol. The minimum Gasteiger partial charge on any atom is -0.416 e. The minimum absolute atomic E-state index is 0.0487. The van der Waals surface area contributed by atoms with Crippen molar-refractivity contribution in [3.8, 4) is 11.6 Å². The van der Waals surface area contributed by atoms with Crippen LogP contribution in [-0.4, -0.2) is 49.4 Å². The van der Waals surface area contributed by atoms with Crippen LogP contribution in [0.2, 0.25) is 0 Å². The van der Waals surface area contributed by atoms with E-state index in [-0.39, 0.29) is 25.8 Å². The predicted molar refractivity (Wildman–Crippen MR) is 106 cm³/mol. The molecule has 3 N–H and O–H groups in total. The van der Waals surface area contributed by atoms with Crippen molar-refractivity contribution in [2.75, 3.05) is 12.3 Å². The molecule has 3 fully saturated rings. The van der Waals surface area contributed by atoms with Gasteiger partial charge in [0.1, 0.15) is 5.69 Å². The predicted octanol–water partition coefficient (Wildman–Crippen LogP) is 4.05. The van der Waals surface area contributed by atoms with Crippen LogP contribution in [-0.2, 0) is 11.8 Å². The number of nitrogens with zero attached hydrogens (tertiary/aromatic N) is 4. The van der Waals surface area contributed by atoms with Gasteiger partial charge in [0.25, 0.3) is 17.7 Å². The van der Waals surface area contributed by atoms with Crippen molar-refractivity contribution in [2.45, 2.75) is 68.4 Å². The Morgan fingerprint density at radius 3 is 2.31 bits per heavy atom. The molecule has 2 aromatic heterocycles. The number of aliphatic hydroxyl groups is 1. The highest BCUT2D eigenvalue weighted by atomic mass is 19.4. The number of rotatable bonds is 1. The summed E-state index contributed by atoms with van der Waals surface area (Å²) < 4.78 is 88.0. The van der Waals surface area contributed by atoms with Crippen molar-refractivity contribution in [3.63, 3.8) is 0 Å². The molecule has 1 aliphatic heterocycles. The summed E-state index contributed by atoms with van der Waals surface area (Å²) in [5.41, 5.74) is -1.79. The molecule has 0 radical (unpaired) electrons. The highest BCUT2D eigenvalue weighted by molar-refractivity contribution is 5.96. The van der Waals surface area contributed by atoms with Gasteiger partial charge in [-0.05, 0) is 50.5 Å². The lowest BCUT2D eigenvalue weighted by molar-refractivity contribution is -0.277. The van der Waals surface area contributed by atoms with Crippen molar-refractivity contribution in [1.82, 2.24) is 20.1 Å². The first-order valence-corrected chi connectivity index (χ1v) is 11.1. The molecule has 0 aromatic carbocycles. The Kier molecular flexibility index (Phi) is 5.14. The van der Waals surface area contributed by atoms with Gasteiger partial charge in [-0.2, -0.15) is 26.3 Å². The van der Waals surface area contributed by atoms with Crippen LogP contribution in [0.4, 0.5) is 32.0 Å². The maximum Gasteiger partial charge on any atom is 0.426 e. The van der Waals surface area contributed by atoms with Crippen LogP contribution in [0.3, 0.4) is 0 Å². The van der Waals surface area contributed by atoms with E-state index in [9.17, 15) is 36.2 Å². The number of nitrogens with two attached hydrogens (primary N) is 1. The second-order valence-corrected chi connectivity index (χ2v) is 9.56. The normalized spacial score (nSPS) is 29.3. The van der Waals surface area contributed by atoms with Gasteiger partial charge in [-0.15, -0.1) is 10.2 Å². The van der Waals surface area contributed by atoms with Crippen molar-refractivity contribution >= 4 is 11.6 Å². The van der Waals surface area contributed by atoms with E-state index in [1.54, 1.807) is 0 Å². The zero-order valence-corrected chi connectivity index (χ0v) is 18.2. The van der Waals surface area contributed by atoms with Gasteiger partial charge < -0.3 is 20.2 Å². The van der Waals surface area contributed by atoms with Crippen LogP contribution >= 0.6 is 0 Å². The van der Waals surface area contributed by atoms with Gasteiger partial charge >= 0.3 is 12.4 Å². The summed E-state index contributed by atoms with van der Waals surface area (Å²) >= 11 is 0. The van der Waals surface area contributed by atoms with Gasteiger partial charge in [0.05, 0.1) is 11.3 Å². The molecule has 0 spiro atoms. The number of alkyl halides is 6. The van der Waals surface area contributed by atoms with E-state index in [1.807, 2.05) is 0 Å². The Balaban J connectivity index is 1.67. The van der Waals surface area contributed by atoms with E-state index in [4.69, 9.17) is 10.2 Å². The van der Waals surface area contributed by atoms with Gasteiger partial charge in [-0.25, -0.2) is 4.98 Å². The first-order valence-electron chi connectivity index (χ1n) is 11.1. The maximum atomic E-state index is 13.9. The molecule has 35 heavy (non-hydrogen) atoms. The topological polar surface area (TPSA) is 118 Å². The second kappa shape index (κ2) is 7.55.